The van der Waals surface area contributed by atoms with E-state index < -0.39 is 11.9 Å². The minimum atomic E-state index is -4.35. The molecular formula is C7H7F3O. The molecule has 0 aliphatic heterocycles. The summed E-state index contributed by atoms with van der Waals surface area (Å²) in [6.07, 6.45) is -2.67. The van der Waals surface area contributed by atoms with Gasteiger partial charge in [-0.05, 0) is 18.1 Å². The molecule has 0 aliphatic carbocycles. The molecule has 0 saturated carbocycles. The summed E-state index contributed by atoms with van der Waals surface area (Å²) in [6.45, 7) is 1.77. The number of hydrogen-bond donors (Lipinski definition) is 0. The first-order valence-electron chi connectivity index (χ1n) is 3.18. The molecule has 11 heavy (non-hydrogen) atoms. The quantitative estimate of drug-likeness (QED) is 0.622. The van der Waals surface area contributed by atoms with Gasteiger partial charge in [-0.25, -0.2) is 0 Å². The van der Waals surface area contributed by atoms with Gasteiger partial charge in [-0.3, -0.25) is 0 Å². The van der Waals surface area contributed by atoms with E-state index in [1.54, 1.807) is 6.92 Å². The molecule has 1 rings (SSSR count). The lowest BCUT2D eigenvalue weighted by Gasteiger charge is -1.98. The van der Waals surface area contributed by atoms with Crippen molar-refractivity contribution >= 4 is 0 Å². The molecular weight excluding hydrogens is 157 g/mol. The summed E-state index contributed by atoms with van der Waals surface area (Å²) in [5.74, 6) is -0.922. The minimum absolute atomic E-state index is 0.555. The molecule has 0 fully saturated rings. The lowest BCUT2D eigenvalue weighted by Crippen LogP contribution is -2.02. The van der Waals surface area contributed by atoms with Crippen LogP contribution >= 0.6 is 0 Å². The van der Waals surface area contributed by atoms with Gasteiger partial charge in [-0.2, -0.15) is 13.2 Å². The number of furan rings is 1. The zero-order valence-corrected chi connectivity index (χ0v) is 5.90. The van der Waals surface area contributed by atoms with E-state index in [2.05, 4.69) is 4.42 Å². The molecule has 0 aliphatic rings. The van der Waals surface area contributed by atoms with Crippen molar-refractivity contribution in [2.24, 2.45) is 0 Å². The second kappa shape index (κ2) is 2.60. The molecule has 0 saturated heterocycles. The van der Waals surface area contributed by atoms with E-state index in [1.165, 1.54) is 0 Å². The third kappa shape index (κ3) is 1.76. The molecule has 1 nitrogen and oxygen atoms in total. The number of rotatable bonds is 1. The van der Waals surface area contributed by atoms with Crippen LogP contribution in [-0.2, 0) is 12.6 Å². The van der Waals surface area contributed by atoms with E-state index >= 15 is 0 Å². The monoisotopic (exact) mass is 164 g/mol. The van der Waals surface area contributed by atoms with Gasteiger partial charge in [0.15, 0.2) is 0 Å². The van der Waals surface area contributed by atoms with Crippen LogP contribution < -0.4 is 0 Å². The summed E-state index contributed by atoms with van der Waals surface area (Å²) >= 11 is 0. The van der Waals surface area contributed by atoms with Gasteiger partial charge in [0.05, 0.1) is 6.26 Å². The zero-order chi connectivity index (χ0) is 8.48. The molecule has 0 radical (unpaired) electrons. The number of hydrogen-bond acceptors (Lipinski definition) is 1. The van der Waals surface area contributed by atoms with Crippen LogP contribution in [0.2, 0.25) is 0 Å². The van der Waals surface area contributed by atoms with Crippen LogP contribution in [0.15, 0.2) is 16.7 Å². The number of alkyl halides is 3. The SMILES string of the molecule is CCc1coc(C(F)(F)F)c1. The van der Waals surface area contributed by atoms with E-state index in [4.69, 9.17) is 0 Å². The average Bonchev–Trinajstić information content (AvgIpc) is 2.32. The van der Waals surface area contributed by atoms with Crippen LogP contribution in [-0.4, -0.2) is 0 Å². The van der Waals surface area contributed by atoms with E-state index in [9.17, 15) is 13.2 Å². The van der Waals surface area contributed by atoms with Gasteiger partial charge < -0.3 is 4.42 Å². The third-order valence-electron chi connectivity index (χ3n) is 1.34. The van der Waals surface area contributed by atoms with E-state index in [-0.39, 0.29) is 0 Å². The average molecular weight is 164 g/mol. The van der Waals surface area contributed by atoms with Crippen LogP contribution in [0, 0.1) is 0 Å². The maximum atomic E-state index is 11.8. The largest absolute Gasteiger partial charge is 0.459 e. The second-order valence-corrected chi connectivity index (χ2v) is 2.17. The van der Waals surface area contributed by atoms with Crippen molar-refractivity contribution in [3.63, 3.8) is 0 Å². The fourth-order valence-corrected chi connectivity index (χ4v) is 0.710. The Morgan fingerprint density at radius 2 is 2.09 bits per heavy atom. The molecule has 0 N–H and O–H groups in total. The topological polar surface area (TPSA) is 13.1 Å². The summed E-state index contributed by atoms with van der Waals surface area (Å²) in [4.78, 5) is 0. The van der Waals surface area contributed by atoms with E-state index in [0.717, 1.165) is 12.3 Å². The van der Waals surface area contributed by atoms with Crippen molar-refractivity contribution in [2.45, 2.75) is 19.5 Å². The highest BCUT2D eigenvalue weighted by molar-refractivity contribution is 5.14. The normalized spacial score (nSPS) is 12.0. The zero-order valence-electron chi connectivity index (χ0n) is 5.90. The van der Waals surface area contributed by atoms with Gasteiger partial charge in [0, 0.05) is 0 Å². The Kier molecular flexibility index (Phi) is 1.93. The molecule has 0 aromatic carbocycles. The highest BCUT2D eigenvalue weighted by Crippen LogP contribution is 2.30. The van der Waals surface area contributed by atoms with Crippen molar-refractivity contribution in [1.82, 2.24) is 0 Å². The Morgan fingerprint density at radius 3 is 2.36 bits per heavy atom. The van der Waals surface area contributed by atoms with Crippen molar-refractivity contribution in [2.75, 3.05) is 0 Å². The molecule has 0 bridgehead atoms. The maximum absolute atomic E-state index is 11.8. The predicted octanol–water partition coefficient (Wildman–Crippen LogP) is 2.86. The summed E-state index contributed by atoms with van der Waals surface area (Å²) in [7, 11) is 0. The summed E-state index contributed by atoms with van der Waals surface area (Å²) < 4.78 is 39.8. The van der Waals surface area contributed by atoms with E-state index in [0.29, 0.717) is 12.0 Å². The molecule has 4 heteroatoms. The predicted molar refractivity (Wildman–Crippen MR) is 33.1 cm³/mol. The van der Waals surface area contributed by atoms with Crippen molar-refractivity contribution in [3.05, 3.63) is 23.7 Å². The first-order valence-corrected chi connectivity index (χ1v) is 3.18. The van der Waals surface area contributed by atoms with Crippen LogP contribution in [0.25, 0.3) is 0 Å². The fraction of sp³-hybridized carbons (Fsp3) is 0.429. The number of halogens is 3. The molecule has 1 aromatic heterocycles. The molecule has 0 atom stereocenters. The van der Waals surface area contributed by atoms with Crippen LogP contribution in [0.1, 0.15) is 18.2 Å². The molecule has 62 valence electrons. The van der Waals surface area contributed by atoms with E-state index in [1.807, 2.05) is 0 Å². The van der Waals surface area contributed by atoms with Gasteiger partial charge in [-0.15, -0.1) is 0 Å². The summed E-state index contributed by atoms with van der Waals surface area (Å²) in [5, 5.41) is 0. The second-order valence-electron chi connectivity index (χ2n) is 2.17. The summed E-state index contributed by atoms with van der Waals surface area (Å²) in [6, 6.07) is 1.01. The van der Waals surface area contributed by atoms with Gasteiger partial charge >= 0.3 is 6.18 Å². The van der Waals surface area contributed by atoms with Crippen LogP contribution in [0.5, 0.6) is 0 Å². The van der Waals surface area contributed by atoms with Gasteiger partial charge in [0.2, 0.25) is 5.76 Å². The van der Waals surface area contributed by atoms with Crippen molar-refractivity contribution < 1.29 is 17.6 Å². The smallest absolute Gasteiger partial charge is 0.449 e. The van der Waals surface area contributed by atoms with Crippen LogP contribution in [0.4, 0.5) is 13.2 Å². The van der Waals surface area contributed by atoms with Gasteiger partial charge in [0.25, 0.3) is 0 Å². The first-order chi connectivity index (χ1) is 5.04. The molecule has 1 aromatic rings. The van der Waals surface area contributed by atoms with Crippen LogP contribution in [0.3, 0.4) is 0 Å². The standard InChI is InChI=1S/C7H7F3O/c1-2-5-3-6(11-4-5)7(8,9)10/h3-4H,2H2,1H3. The highest BCUT2D eigenvalue weighted by atomic mass is 19.4. The van der Waals surface area contributed by atoms with Crippen molar-refractivity contribution in [3.8, 4) is 0 Å². The van der Waals surface area contributed by atoms with Gasteiger partial charge in [-0.1, -0.05) is 6.92 Å². The Morgan fingerprint density at radius 1 is 1.45 bits per heavy atom. The fourth-order valence-electron chi connectivity index (χ4n) is 0.710. The lowest BCUT2D eigenvalue weighted by molar-refractivity contribution is -0.153. The summed E-state index contributed by atoms with van der Waals surface area (Å²) in [5.41, 5.74) is 0.567. The Labute approximate surface area is 61.8 Å². The van der Waals surface area contributed by atoms with Crippen molar-refractivity contribution in [1.29, 1.82) is 0 Å². The first kappa shape index (κ1) is 8.17. The molecule has 0 unspecified atom stereocenters. The molecule has 0 spiro atoms. The minimum Gasteiger partial charge on any atom is -0.459 e. The lowest BCUT2D eigenvalue weighted by atomic mass is 10.2. The Balaban J connectivity index is 2.89. The maximum Gasteiger partial charge on any atom is 0.449 e. The highest BCUT2D eigenvalue weighted by Gasteiger charge is 2.34. The Hall–Kier alpha value is -0.930. The van der Waals surface area contributed by atoms with Gasteiger partial charge in [0.1, 0.15) is 0 Å². The Bertz CT molecular complexity index is 236. The molecule has 1 heterocycles. The third-order valence-corrected chi connectivity index (χ3v) is 1.34. The molecule has 0 amide bonds. The number of aryl methyl sites for hydroxylation is 1.